The van der Waals surface area contributed by atoms with Gasteiger partial charge in [0.25, 0.3) is 0 Å². The maximum atomic E-state index is 12.2. The summed E-state index contributed by atoms with van der Waals surface area (Å²) in [7, 11) is 0. The Morgan fingerprint density at radius 2 is 1.71 bits per heavy atom. The van der Waals surface area contributed by atoms with Crippen LogP contribution in [-0.2, 0) is 15.7 Å². The number of nitrogens with one attached hydrogen (secondary N) is 2. The molecule has 0 aromatic carbocycles. The molecule has 2 rings (SSSR count). The van der Waals surface area contributed by atoms with Crippen LogP contribution in [0, 0.1) is 0 Å². The number of esters is 2. The number of carbonyl (C=O) groups excluding carboxylic acids is 2. The van der Waals surface area contributed by atoms with Crippen LogP contribution >= 0.6 is 0 Å². The molecule has 0 saturated carbocycles. The van der Waals surface area contributed by atoms with Gasteiger partial charge in [-0.05, 0) is 13.8 Å². The number of aromatic nitrogens is 4. The van der Waals surface area contributed by atoms with E-state index >= 15 is 0 Å². The quantitative estimate of drug-likeness (QED) is 0.820. The maximum Gasteiger partial charge on any atom is 0.433 e. The highest BCUT2D eigenvalue weighted by molar-refractivity contribution is 5.90. The number of nitrogens with zero attached hydrogens (tertiary/aromatic N) is 2. The van der Waals surface area contributed by atoms with E-state index in [1.165, 1.54) is 19.3 Å². The Kier molecular flexibility index (Phi) is 6.96. The van der Waals surface area contributed by atoms with Crippen LogP contribution in [0.3, 0.4) is 0 Å². The Morgan fingerprint density at radius 3 is 2.21 bits per heavy atom. The molecule has 0 bridgehead atoms. The zero-order chi connectivity index (χ0) is 18.2. The average Bonchev–Trinajstić information content (AvgIpc) is 3.19. The molecule has 8 nitrogen and oxygen atoms in total. The highest BCUT2D eigenvalue weighted by Crippen LogP contribution is 2.30. The molecule has 0 aliphatic carbocycles. The van der Waals surface area contributed by atoms with Crippen LogP contribution in [0.4, 0.5) is 13.2 Å². The molecule has 0 aliphatic heterocycles. The molecule has 0 saturated heterocycles. The number of ether oxygens (including phenoxy) is 2. The fourth-order valence-electron chi connectivity index (χ4n) is 1.44. The number of aromatic amines is 2. The van der Waals surface area contributed by atoms with Gasteiger partial charge in [0.15, 0.2) is 5.69 Å². The standard InChI is InChI=1S/C7H7F3N2O2.C6H8N2O2/c1-2-14-6(13)4-3-11-12-5(4)7(8,9)10;1-2-10-6(9)5-3-7-8-4-5/h3H,2H2,1H3,(H,11,12);3-4H,2H2,1H3,(H,7,8). The molecule has 11 heteroatoms. The fraction of sp³-hybridized carbons (Fsp3) is 0.385. The van der Waals surface area contributed by atoms with Crippen LogP contribution in [0.25, 0.3) is 0 Å². The first-order chi connectivity index (χ1) is 11.3. The summed E-state index contributed by atoms with van der Waals surface area (Å²) in [4.78, 5) is 21.8. The van der Waals surface area contributed by atoms with Crippen LogP contribution in [0.2, 0.25) is 0 Å². The summed E-state index contributed by atoms with van der Waals surface area (Å²) in [6.45, 7) is 3.68. The van der Waals surface area contributed by atoms with Gasteiger partial charge in [0, 0.05) is 6.20 Å². The fourth-order valence-corrected chi connectivity index (χ4v) is 1.44. The minimum Gasteiger partial charge on any atom is -0.462 e. The number of rotatable bonds is 4. The van der Waals surface area contributed by atoms with Crippen molar-refractivity contribution in [1.29, 1.82) is 0 Å². The van der Waals surface area contributed by atoms with Crippen LogP contribution in [0.15, 0.2) is 18.6 Å². The summed E-state index contributed by atoms with van der Waals surface area (Å²) < 4.78 is 45.7. The second-order valence-electron chi connectivity index (χ2n) is 4.08. The third-order valence-electron chi connectivity index (χ3n) is 2.43. The molecule has 0 atom stereocenters. The van der Waals surface area contributed by atoms with Gasteiger partial charge in [-0.1, -0.05) is 0 Å². The van der Waals surface area contributed by atoms with Gasteiger partial charge >= 0.3 is 18.1 Å². The zero-order valence-electron chi connectivity index (χ0n) is 12.8. The molecule has 2 aromatic heterocycles. The molecule has 2 heterocycles. The minimum atomic E-state index is -4.63. The number of hydrogen-bond donors (Lipinski definition) is 2. The van der Waals surface area contributed by atoms with E-state index in [2.05, 4.69) is 24.8 Å². The van der Waals surface area contributed by atoms with E-state index in [0.29, 0.717) is 12.2 Å². The van der Waals surface area contributed by atoms with Crippen molar-refractivity contribution in [3.05, 3.63) is 35.4 Å². The second kappa shape index (κ2) is 8.70. The minimum absolute atomic E-state index is 0.0152. The van der Waals surface area contributed by atoms with E-state index in [1.807, 2.05) is 0 Å². The Labute approximate surface area is 134 Å². The van der Waals surface area contributed by atoms with Crippen molar-refractivity contribution in [1.82, 2.24) is 20.4 Å². The van der Waals surface area contributed by atoms with Crippen molar-refractivity contribution in [2.24, 2.45) is 0 Å². The van der Waals surface area contributed by atoms with Crippen molar-refractivity contribution >= 4 is 11.9 Å². The zero-order valence-corrected chi connectivity index (χ0v) is 12.8. The van der Waals surface area contributed by atoms with Crippen molar-refractivity contribution in [2.75, 3.05) is 13.2 Å². The molecule has 24 heavy (non-hydrogen) atoms. The largest absolute Gasteiger partial charge is 0.462 e. The first-order valence-electron chi connectivity index (χ1n) is 6.74. The molecule has 0 amide bonds. The molecule has 132 valence electrons. The molecule has 0 spiro atoms. The Morgan fingerprint density at radius 1 is 1.08 bits per heavy atom. The molecule has 0 aliphatic rings. The molecule has 2 aromatic rings. The number of hydrogen-bond acceptors (Lipinski definition) is 6. The topological polar surface area (TPSA) is 110 Å². The Balaban J connectivity index is 0.000000254. The molecule has 0 fully saturated rings. The number of halogens is 3. The smallest absolute Gasteiger partial charge is 0.433 e. The molecule has 0 unspecified atom stereocenters. The lowest BCUT2D eigenvalue weighted by Crippen LogP contribution is -2.14. The normalized spacial score (nSPS) is 10.5. The molecular weight excluding hydrogens is 333 g/mol. The van der Waals surface area contributed by atoms with E-state index < -0.39 is 23.4 Å². The van der Waals surface area contributed by atoms with Crippen molar-refractivity contribution in [2.45, 2.75) is 20.0 Å². The number of carbonyl (C=O) groups is 2. The predicted octanol–water partition coefficient (Wildman–Crippen LogP) is 2.19. The average molecular weight is 348 g/mol. The highest BCUT2D eigenvalue weighted by Gasteiger charge is 2.37. The van der Waals surface area contributed by atoms with E-state index in [1.54, 1.807) is 12.0 Å². The van der Waals surface area contributed by atoms with Gasteiger partial charge in [-0.15, -0.1) is 0 Å². The SMILES string of the molecule is CCOC(=O)c1cn[nH]c1.CCOC(=O)c1cn[nH]c1C(F)(F)F. The molecule has 0 radical (unpaired) electrons. The number of alkyl halides is 3. The second-order valence-corrected chi connectivity index (χ2v) is 4.08. The Bertz CT molecular complexity index is 652. The monoisotopic (exact) mass is 348 g/mol. The van der Waals surface area contributed by atoms with E-state index in [4.69, 9.17) is 0 Å². The molecular formula is C13H15F3N4O4. The first kappa shape index (κ1) is 19.2. The van der Waals surface area contributed by atoms with Crippen LogP contribution in [0.1, 0.15) is 40.3 Å². The van der Waals surface area contributed by atoms with Crippen molar-refractivity contribution < 1.29 is 32.2 Å². The van der Waals surface area contributed by atoms with Gasteiger partial charge < -0.3 is 9.47 Å². The first-order valence-corrected chi connectivity index (χ1v) is 6.74. The number of H-pyrrole nitrogens is 2. The highest BCUT2D eigenvalue weighted by atomic mass is 19.4. The van der Waals surface area contributed by atoms with E-state index in [-0.39, 0.29) is 12.6 Å². The third-order valence-corrected chi connectivity index (χ3v) is 2.43. The Hall–Kier alpha value is -2.85. The lowest BCUT2D eigenvalue weighted by molar-refractivity contribution is -0.141. The maximum absolute atomic E-state index is 12.2. The van der Waals surface area contributed by atoms with Crippen molar-refractivity contribution in [3.63, 3.8) is 0 Å². The lowest BCUT2D eigenvalue weighted by atomic mass is 10.2. The molecule has 2 N–H and O–H groups in total. The van der Waals surface area contributed by atoms with E-state index in [0.717, 1.165) is 6.20 Å². The van der Waals surface area contributed by atoms with Gasteiger partial charge in [-0.2, -0.15) is 23.4 Å². The summed E-state index contributed by atoms with van der Waals surface area (Å²) in [6.07, 6.45) is -0.907. The van der Waals surface area contributed by atoms with E-state index in [9.17, 15) is 22.8 Å². The van der Waals surface area contributed by atoms with Crippen LogP contribution < -0.4 is 0 Å². The summed E-state index contributed by atoms with van der Waals surface area (Å²) in [6, 6.07) is 0. The van der Waals surface area contributed by atoms with Crippen LogP contribution in [0.5, 0.6) is 0 Å². The third kappa shape index (κ3) is 5.41. The van der Waals surface area contributed by atoms with Crippen LogP contribution in [-0.4, -0.2) is 45.5 Å². The van der Waals surface area contributed by atoms with Crippen molar-refractivity contribution in [3.8, 4) is 0 Å². The van der Waals surface area contributed by atoms with Gasteiger partial charge in [-0.3, -0.25) is 10.2 Å². The summed E-state index contributed by atoms with van der Waals surface area (Å²) in [5.41, 5.74) is -1.32. The van der Waals surface area contributed by atoms with Gasteiger partial charge in [0.05, 0.1) is 31.2 Å². The van der Waals surface area contributed by atoms with Gasteiger partial charge in [0.2, 0.25) is 0 Å². The van der Waals surface area contributed by atoms with Gasteiger partial charge in [0.1, 0.15) is 5.56 Å². The summed E-state index contributed by atoms with van der Waals surface area (Å²) in [5, 5.41) is 11.0. The lowest BCUT2D eigenvalue weighted by Gasteiger charge is -2.05. The van der Waals surface area contributed by atoms with Gasteiger partial charge in [-0.25, -0.2) is 9.59 Å². The predicted molar refractivity (Wildman–Crippen MR) is 74.1 cm³/mol. The summed E-state index contributed by atoms with van der Waals surface area (Å²) >= 11 is 0. The summed E-state index contributed by atoms with van der Waals surface area (Å²) in [5.74, 6) is -1.37.